The van der Waals surface area contributed by atoms with Crippen LogP contribution < -0.4 is 5.32 Å². The molecule has 18 heavy (non-hydrogen) atoms. The predicted molar refractivity (Wildman–Crippen MR) is 61.5 cm³/mol. The molecule has 2 rings (SSSR count). The second-order valence-corrected chi connectivity index (χ2v) is 4.75. The molecular formula is C11H14N4O3. The molecule has 1 fully saturated rings. The molecule has 1 aromatic heterocycles. The van der Waals surface area contributed by atoms with Gasteiger partial charge in [0.2, 0.25) is 5.91 Å². The first kappa shape index (κ1) is 12.3. The van der Waals surface area contributed by atoms with Crippen molar-refractivity contribution in [1.29, 1.82) is 0 Å². The second-order valence-electron chi connectivity index (χ2n) is 4.75. The SMILES string of the molecule is Cn1cnc(C(=O)N2CC(=O)NC(=O)C2(C)C)c1. The van der Waals surface area contributed by atoms with Crippen LogP contribution in [0.5, 0.6) is 0 Å². The summed E-state index contributed by atoms with van der Waals surface area (Å²) >= 11 is 0. The third-order valence-corrected chi connectivity index (χ3v) is 2.95. The van der Waals surface area contributed by atoms with E-state index in [4.69, 9.17) is 0 Å². The maximum absolute atomic E-state index is 12.2. The quantitative estimate of drug-likeness (QED) is 0.668. The van der Waals surface area contributed by atoms with Crippen LogP contribution in [0.25, 0.3) is 0 Å². The first-order chi connectivity index (χ1) is 8.32. The van der Waals surface area contributed by atoms with Crippen molar-refractivity contribution in [2.45, 2.75) is 19.4 Å². The fourth-order valence-electron chi connectivity index (χ4n) is 1.77. The zero-order chi connectivity index (χ0) is 13.5. The van der Waals surface area contributed by atoms with Crippen LogP contribution in [0, 0.1) is 0 Å². The zero-order valence-corrected chi connectivity index (χ0v) is 10.4. The van der Waals surface area contributed by atoms with Crippen molar-refractivity contribution in [3.63, 3.8) is 0 Å². The molecule has 1 saturated heterocycles. The van der Waals surface area contributed by atoms with Gasteiger partial charge in [-0.25, -0.2) is 4.98 Å². The molecule has 96 valence electrons. The molecule has 7 nitrogen and oxygen atoms in total. The molecule has 1 aromatic rings. The Morgan fingerprint density at radius 2 is 2.11 bits per heavy atom. The monoisotopic (exact) mass is 250 g/mol. The molecule has 1 aliphatic heterocycles. The van der Waals surface area contributed by atoms with E-state index in [-0.39, 0.29) is 12.2 Å². The fraction of sp³-hybridized carbons (Fsp3) is 0.455. The summed E-state index contributed by atoms with van der Waals surface area (Å²) in [7, 11) is 1.74. The highest BCUT2D eigenvalue weighted by atomic mass is 16.2. The maximum Gasteiger partial charge on any atom is 0.275 e. The third kappa shape index (κ3) is 1.87. The largest absolute Gasteiger partial charge is 0.340 e. The zero-order valence-electron chi connectivity index (χ0n) is 10.4. The van der Waals surface area contributed by atoms with Crippen LogP contribution in [0.15, 0.2) is 12.5 Å². The number of amides is 3. The average molecular weight is 250 g/mol. The Hall–Kier alpha value is -2.18. The van der Waals surface area contributed by atoms with Gasteiger partial charge in [-0.3, -0.25) is 19.7 Å². The van der Waals surface area contributed by atoms with Crippen LogP contribution in [0.1, 0.15) is 24.3 Å². The van der Waals surface area contributed by atoms with Crippen molar-refractivity contribution in [3.05, 3.63) is 18.2 Å². The van der Waals surface area contributed by atoms with E-state index in [1.165, 1.54) is 11.2 Å². The molecule has 0 spiro atoms. The number of hydrogen-bond donors (Lipinski definition) is 1. The number of piperazine rings is 1. The highest BCUT2D eigenvalue weighted by molar-refractivity contribution is 6.08. The highest BCUT2D eigenvalue weighted by Gasteiger charge is 2.44. The Morgan fingerprint density at radius 1 is 1.44 bits per heavy atom. The molecule has 0 aliphatic carbocycles. The third-order valence-electron chi connectivity index (χ3n) is 2.95. The number of imide groups is 1. The number of hydrogen-bond acceptors (Lipinski definition) is 4. The number of nitrogens with zero attached hydrogens (tertiary/aromatic N) is 3. The lowest BCUT2D eigenvalue weighted by atomic mass is 9.98. The van der Waals surface area contributed by atoms with Gasteiger partial charge < -0.3 is 9.47 Å². The van der Waals surface area contributed by atoms with Crippen molar-refractivity contribution in [3.8, 4) is 0 Å². The Kier molecular flexibility index (Phi) is 2.68. The second kappa shape index (κ2) is 3.94. The predicted octanol–water partition coefficient (Wildman–Crippen LogP) is -0.703. The van der Waals surface area contributed by atoms with Crippen molar-refractivity contribution in [1.82, 2.24) is 19.8 Å². The van der Waals surface area contributed by atoms with Gasteiger partial charge in [0, 0.05) is 13.2 Å². The van der Waals surface area contributed by atoms with Gasteiger partial charge in [0.1, 0.15) is 17.8 Å². The molecule has 1 aliphatic rings. The van der Waals surface area contributed by atoms with Crippen LogP contribution in [0.2, 0.25) is 0 Å². The smallest absolute Gasteiger partial charge is 0.275 e. The van der Waals surface area contributed by atoms with Gasteiger partial charge in [-0.05, 0) is 13.8 Å². The fourth-order valence-corrected chi connectivity index (χ4v) is 1.77. The summed E-state index contributed by atoms with van der Waals surface area (Å²) in [6, 6.07) is 0. The standard InChI is InChI=1S/C11H14N4O3/c1-11(2)10(18)13-8(16)5-15(11)9(17)7-4-14(3)6-12-7/h4,6H,5H2,1-3H3,(H,13,16,18). The Morgan fingerprint density at radius 3 is 2.67 bits per heavy atom. The van der Waals surface area contributed by atoms with Gasteiger partial charge in [0.05, 0.1) is 6.33 Å². The summed E-state index contributed by atoms with van der Waals surface area (Å²) < 4.78 is 1.63. The molecule has 0 aromatic carbocycles. The van der Waals surface area contributed by atoms with E-state index >= 15 is 0 Å². The Labute approximate surface area is 104 Å². The lowest BCUT2D eigenvalue weighted by Crippen LogP contribution is -2.65. The van der Waals surface area contributed by atoms with Gasteiger partial charge in [0.15, 0.2) is 0 Å². The topological polar surface area (TPSA) is 84.3 Å². The summed E-state index contributed by atoms with van der Waals surface area (Å²) in [4.78, 5) is 40.5. The van der Waals surface area contributed by atoms with E-state index < -0.39 is 23.3 Å². The first-order valence-corrected chi connectivity index (χ1v) is 5.46. The minimum atomic E-state index is -1.07. The number of nitrogens with one attached hydrogen (secondary N) is 1. The Bertz CT molecular complexity index is 532. The molecule has 0 bridgehead atoms. The van der Waals surface area contributed by atoms with Crippen LogP contribution in [-0.4, -0.2) is 44.3 Å². The van der Waals surface area contributed by atoms with Crippen molar-refractivity contribution in [2.24, 2.45) is 7.05 Å². The lowest BCUT2D eigenvalue weighted by Gasteiger charge is -2.39. The Balaban J connectivity index is 2.33. The lowest BCUT2D eigenvalue weighted by molar-refractivity contribution is -0.143. The van der Waals surface area contributed by atoms with E-state index in [1.54, 1.807) is 31.7 Å². The molecule has 2 heterocycles. The minimum absolute atomic E-state index is 0.145. The van der Waals surface area contributed by atoms with Gasteiger partial charge in [-0.15, -0.1) is 0 Å². The van der Waals surface area contributed by atoms with E-state index in [0.29, 0.717) is 0 Å². The number of carbonyl (C=O) groups is 3. The first-order valence-electron chi connectivity index (χ1n) is 5.46. The number of imidazole rings is 1. The van der Waals surface area contributed by atoms with Crippen LogP contribution in [0.4, 0.5) is 0 Å². The van der Waals surface area contributed by atoms with Crippen molar-refractivity contribution < 1.29 is 14.4 Å². The van der Waals surface area contributed by atoms with Crippen LogP contribution in [0.3, 0.4) is 0 Å². The molecule has 0 atom stereocenters. The van der Waals surface area contributed by atoms with E-state index in [2.05, 4.69) is 10.3 Å². The molecule has 0 radical (unpaired) electrons. The van der Waals surface area contributed by atoms with E-state index in [1.807, 2.05) is 0 Å². The van der Waals surface area contributed by atoms with Gasteiger partial charge in [0.25, 0.3) is 11.8 Å². The van der Waals surface area contributed by atoms with Crippen molar-refractivity contribution >= 4 is 17.7 Å². The van der Waals surface area contributed by atoms with Crippen LogP contribution >= 0.6 is 0 Å². The summed E-state index contributed by atoms with van der Waals surface area (Å²) in [5.41, 5.74) is -0.851. The number of aryl methyl sites for hydroxylation is 1. The molecule has 7 heteroatoms. The van der Waals surface area contributed by atoms with E-state index in [9.17, 15) is 14.4 Å². The molecule has 0 saturated carbocycles. The summed E-state index contributed by atoms with van der Waals surface area (Å²) in [6.45, 7) is 3.04. The van der Waals surface area contributed by atoms with Crippen LogP contribution in [-0.2, 0) is 16.6 Å². The van der Waals surface area contributed by atoms with E-state index in [0.717, 1.165) is 0 Å². The molecule has 1 N–H and O–H groups in total. The van der Waals surface area contributed by atoms with Crippen molar-refractivity contribution in [2.75, 3.05) is 6.54 Å². The van der Waals surface area contributed by atoms with Gasteiger partial charge >= 0.3 is 0 Å². The minimum Gasteiger partial charge on any atom is -0.340 e. The highest BCUT2D eigenvalue weighted by Crippen LogP contribution is 2.20. The molecule has 0 unspecified atom stereocenters. The number of carbonyl (C=O) groups excluding carboxylic acids is 3. The average Bonchev–Trinajstić information content (AvgIpc) is 2.70. The van der Waals surface area contributed by atoms with Gasteiger partial charge in [-0.2, -0.15) is 0 Å². The normalized spacial score (nSPS) is 18.7. The number of rotatable bonds is 1. The molecular weight excluding hydrogens is 236 g/mol. The number of aromatic nitrogens is 2. The summed E-state index contributed by atoms with van der Waals surface area (Å²) in [5.74, 6) is -1.39. The molecule has 3 amide bonds. The van der Waals surface area contributed by atoms with Gasteiger partial charge in [-0.1, -0.05) is 0 Å². The maximum atomic E-state index is 12.2. The summed E-state index contributed by atoms with van der Waals surface area (Å²) in [5, 5.41) is 2.21. The summed E-state index contributed by atoms with van der Waals surface area (Å²) in [6.07, 6.45) is 3.04.